The minimum atomic E-state index is -1.96. The van der Waals surface area contributed by atoms with Crippen molar-refractivity contribution >= 4 is 41.2 Å². The Morgan fingerprint density at radius 2 is 1.53 bits per heavy atom. The summed E-state index contributed by atoms with van der Waals surface area (Å²) in [4.78, 5) is 59.2. The first kappa shape index (κ1) is 33.2. The van der Waals surface area contributed by atoms with Crippen molar-refractivity contribution in [1.82, 2.24) is 10.2 Å². The number of benzene rings is 3. The highest BCUT2D eigenvalue weighted by Gasteiger charge is 2.67. The lowest BCUT2D eigenvalue weighted by Crippen LogP contribution is -2.81. The van der Waals surface area contributed by atoms with E-state index in [1.807, 2.05) is 91.0 Å². The summed E-state index contributed by atoms with van der Waals surface area (Å²) < 4.78 is 16.3. The van der Waals surface area contributed by atoms with Crippen LogP contribution in [-0.2, 0) is 39.1 Å². The van der Waals surface area contributed by atoms with E-state index in [4.69, 9.17) is 18.7 Å². The van der Waals surface area contributed by atoms with E-state index in [0.29, 0.717) is 0 Å². The first-order valence-electron chi connectivity index (χ1n) is 15.1. The van der Waals surface area contributed by atoms with Crippen molar-refractivity contribution in [2.45, 2.75) is 23.6 Å². The van der Waals surface area contributed by atoms with Gasteiger partial charge in [-0.3, -0.25) is 19.3 Å². The molecule has 2 atom stereocenters. The first-order valence-corrected chi connectivity index (χ1v) is 16.2. The van der Waals surface area contributed by atoms with Gasteiger partial charge in [0.15, 0.2) is 5.76 Å². The number of thioether (sulfide) groups is 1. The molecule has 1 aromatic heterocycles. The minimum Gasteiger partial charge on any atom is -0.477 e. The molecule has 3 aromatic carbocycles. The third-order valence-corrected chi connectivity index (χ3v) is 9.54. The Balaban J connectivity index is 1.39. The van der Waals surface area contributed by atoms with Gasteiger partial charge in [-0.15, -0.1) is 11.8 Å². The van der Waals surface area contributed by atoms with E-state index in [9.17, 15) is 24.3 Å². The van der Waals surface area contributed by atoms with Crippen LogP contribution in [0.5, 0.6) is 0 Å². The summed E-state index contributed by atoms with van der Waals surface area (Å²) in [6.07, 6.45) is 1.37. The number of amides is 2. The summed E-state index contributed by atoms with van der Waals surface area (Å²) in [5.41, 5.74) is -1.51. The number of carboxylic acid groups (broad SMARTS) is 1. The molecule has 0 spiro atoms. The average molecular weight is 682 g/mol. The van der Waals surface area contributed by atoms with Gasteiger partial charge in [0.2, 0.25) is 11.3 Å². The minimum absolute atomic E-state index is 0.0431. The SMILES string of the molecule is CO[C@@]1(NC(=O)C(=NOC(c2ccccc2)(c2ccccc2)c2ccccc2)c2ccco2)C(=O)N2C(C(=O)O)=C(COC(C)=O)CS[C@@H]21. The second-order valence-corrected chi connectivity index (χ2v) is 12.1. The maximum atomic E-state index is 14.2. The molecular formula is C36H31N3O9S. The maximum absolute atomic E-state index is 14.2. The summed E-state index contributed by atoms with van der Waals surface area (Å²) in [5.74, 6) is -3.55. The number of furan rings is 1. The third kappa shape index (κ3) is 5.98. The van der Waals surface area contributed by atoms with Gasteiger partial charge in [-0.25, -0.2) is 4.79 Å². The molecule has 4 aromatic rings. The molecule has 1 fully saturated rings. The van der Waals surface area contributed by atoms with Crippen LogP contribution in [0.4, 0.5) is 0 Å². The van der Waals surface area contributed by atoms with Crippen LogP contribution in [0.15, 0.2) is 130 Å². The lowest BCUT2D eigenvalue weighted by atomic mass is 9.80. The van der Waals surface area contributed by atoms with Crippen molar-refractivity contribution in [3.8, 4) is 0 Å². The maximum Gasteiger partial charge on any atom is 0.352 e. The largest absolute Gasteiger partial charge is 0.477 e. The van der Waals surface area contributed by atoms with Crippen LogP contribution in [0.25, 0.3) is 0 Å². The summed E-state index contributed by atoms with van der Waals surface area (Å²) >= 11 is 1.15. The predicted octanol–water partition coefficient (Wildman–Crippen LogP) is 4.27. The van der Waals surface area contributed by atoms with Crippen LogP contribution in [0.2, 0.25) is 0 Å². The van der Waals surface area contributed by atoms with Gasteiger partial charge in [-0.2, -0.15) is 0 Å². The average Bonchev–Trinajstić information content (AvgIpc) is 3.66. The monoisotopic (exact) mass is 681 g/mol. The number of nitrogens with one attached hydrogen (secondary N) is 1. The molecule has 2 N–H and O–H groups in total. The number of aliphatic carboxylic acids is 1. The molecule has 3 heterocycles. The highest BCUT2D eigenvalue weighted by Crippen LogP contribution is 2.47. The molecule has 2 aliphatic rings. The highest BCUT2D eigenvalue weighted by molar-refractivity contribution is 8.00. The fraction of sp³-hybridized carbons (Fsp3) is 0.194. The number of carbonyl (C=O) groups excluding carboxylic acids is 3. The number of hydrogen-bond acceptors (Lipinski definition) is 10. The topological polar surface area (TPSA) is 157 Å². The van der Waals surface area contributed by atoms with Gasteiger partial charge >= 0.3 is 11.9 Å². The Morgan fingerprint density at radius 3 is 2.00 bits per heavy atom. The van der Waals surface area contributed by atoms with Gasteiger partial charge in [-0.1, -0.05) is 96.2 Å². The molecule has 250 valence electrons. The first-order chi connectivity index (χ1) is 23.7. The Kier molecular flexibility index (Phi) is 9.38. The predicted molar refractivity (Wildman–Crippen MR) is 178 cm³/mol. The standard InChI is InChI=1S/C36H31N3O9S/c1-23(40)47-21-24-22-49-34-36(45-2,33(44)39(34)30(24)32(42)43)37-31(41)29(28-19-12-20-46-28)38-48-35(25-13-6-3-7-14-25,26-15-8-4-9-16-26)27-17-10-5-11-18-27/h3-20,34H,21-22H2,1-2H3,(H,37,41)(H,42,43)/t34-,36+/m1/s1. The summed E-state index contributed by atoms with van der Waals surface area (Å²) in [6, 6.07) is 31.4. The number of ether oxygens (including phenoxy) is 2. The van der Waals surface area contributed by atoms with Crippen LogP contribution >= 0.6 is 11.8 Å². The van der Waals surface area contributed by atoms with Gasteiger partial charge in [0.25, 0.3) is 17.5 Å². The Labute approximate surface area is 285 Å². The van der Waals surface area contributed by atoms with E-state index >= 15 is 0 Å². The van der Waals surface area contributed by atoms with Crippen molar-refractivity contribution in [3.05, 3.63) is 143 Å². The second-order valence-electron chi connectivity index (χ2n) is 11.1. The molecule has 0 aliphatic carbocycles. The molecule has 13 heteroatoms. The molecule has 49 heavy (non-hydrogen) atoms. The number of esters is 1. The zero-order valence-corrected chi connectivity index (χ0v) is 27.2. The third-order valence-electron chi connectivity index (χ3n) is 8.17. The summed E-state index contributed by atoms with van der Waals surface area (Å²) in [6.45, 7) is 0.900. The molecule has 1 saturated heterocycles. The molecule has 0 radical (unpaired) electrons. The molecule has 0 unspecified atom stereocenters. The summed E-state index contributed by atoms with van der Waals surface area (Å²) in [7, 11) is 1.24. The highest BCUT2D eigenvalue weighted by atomic mass is 32.2. The molecular weight excluding hydrogens is 650 g/mol. The summed E-state index contributed by atoms with van der Waals surface area (Å²) in [5, 5.41) is 16.1. The van der Waals surface area contributed by atoms with Gasteiger partial charge in [-0.05, 0) is 12.1 Å². The van der Waals surface area contributed by atoms with Crippen molar-refractivity contribution < 1.29 is 43.0 Å². The van der Waals surface area contributed by atoms with Crippen LogP contribution in [0.3, 0.4) is 0 Å². The number of carbonyl (C=O) groups is 4. The van der Waals surface area contributed by atoms with E-state index in [-0.39, 0.29) is 35.1 Å². The Morgan fingerprint density at radius 1 is 0.959 bits per heavy atom. The second kappa shape index (κ2) is 13.8. The number of oxime groups is 1. The van der Waals surface area contributed by atoms with Crippen molar-refractivity contribution in [2.75, 3.05) is 19.5 Å². The number of rotatable bonds is 12. The molecule has 0 saturated carbocycles. The number of methoxy groups -OCH3 is 1. The fourth-order valence-corrected chi connectivity index (χ4v) is 7.29. The van der Waals surface area contributed by atoms with E-state index in [1.165, 1.54) is 26.4 Å². The fourth-order valence-electron chi connectivity index (χ4n) is 5.87. The Bertz CT molecular complexity index is 1820. The number of β-lactam (4-membered cyclic amide) rings is 1. The van der Waals surface area contributed by atoms with Gasteiger partial charge in [0.1, 0.15) is 17.7 Å². The van der Waals surface area contributed by atoms with E-state index in [0.717, 1.165) is 33.4 Å². The number of carboxylic acids is 1. The quantitative estimate of drug-likeness (QED) is 0.0553. The molecule has 2 aliphatic heterocycles. The van der Waals surface area contributed by atoms with Crippen molar-refractivity contribution in [2.24, 2.45) is 5.16 Å². The van der Waals surface area contributed by atoms with E-state index < -0.39 is 40.5 Å². The lowest BCUT2D eigenvalue weighted by Gasteiger charge is -2.55. The molecule has 2 amide bonds. The van der Waals surface area contributed by atoms with E-state index in [1.54, 1.807) is 6.07 Å². The zero-order valence-electron chi connectivity index (χ0n) is 26.4. The van der Waals surface area contributed by atoms with Gasteiger partial charge in [0, 0.05) is 42.0 Å². The number of nitrogens with zero attached hydrogens (tertiary/aromatic N) is 2. The van der Waals surface area contributed by atoms with Crippen LogP contribution in [0, 0.1) is 0 Å². The number of hydrogen-bond donors (Lipinski definition) is 2. The van der Waals surface area contributed by atoms with Gasteiger partial charge < -0.3 is 29.2 Å². The van der Waals surface area contributed by atoms with Crippen molar-refractivity contribution in [3.63, 3.8) is 0 Å². The van der Waals surface area contributed by atoms with Crippen LogP contribution < -0.4 is 5.32 Å². The normalized spacial score (nSPS) is 19.1. The van der Waals surface area contributed by atoms with Crippen LogP contribution in [0.1, 0.15) is 29.4 Å². The van der Waals surface area contributed by atoms with Gasteiger partial charge in [0.05, 0.1) is 6.26 Å². The van der Waals surface area contributed by atoms with E-state index in [2.05, 4.69) is 10.5 Å². The lowest BCUT2D eigenvalue weighted by molar-refractivity contribution is -0.191. The smallest absolute Gasteiger partial charge is 0.352 e. The van der Waals surface area contributed by atoms with Crippen molar-refractivity contribution in [1.29, 1.82) is 0 Å². The Hall–Kier alpha value is -5.66. The zero-order chi connectivity index (χ0) is 34.6. The molecule has 6 rings (SSSR count). The number of fused-ring (bicyclic) bond motifs is 1. The van der Waals surface area contributed by atoms with Crippen LogP contribution in [-0.4, -0.2) is 70.0 Å². The molecule has 0 bridgehead atoms. The molecule has 12 nitrogen and oxygen atoms in total.